The van der Waals surface area contributed by atoms with E-state index in [1.165, 1.54) is 31.3 Å². The number of carbonyl (C=O) groups excluding carboxylic acids is 1. The Kier molecular flexibility index (Phi) is 7.63. The number of alkyl halides is 3. The number of nitrogens with one attached hydrogen (secondary N) is 2. The zero-order valence-corrected chi connectivity index (χ0v) is 18.8. The molecule has 1 aliphatic rings. The van der Waals surface area contributed by atoms with Crippen LogP contribution in [0.15, 0.2) is 36.4 Å². The minimum atomic E-state index is -4.26. The molecule has 11 heteroatoms. The van der Waals surface area contributed by atoms with E-state index in [4.69, 9.17) is 0 Å². The highest BCUT2D eigenvalue weighted by Crippen LogP contribution is 2.38. The molecule has 0 atom stereocenters. The predicted molar refractivity (Wildman–Crippen MR) is 120 cm³/mol. The van der Waals surface area contributed by atoms with E-state index in [0.29, 0.717) is 5.69 Å². The molecule has 0 saturated heterocycles. The van der Waals surface area contributed by atoms with Gasteiger partial charge in [0.05, 0.1) is 22.1 Å². The smallest absolute Gasteiger partial charge is 0.383 e. The lowest BCUT2D eigenvalue weighted by atomic mass is 9.85. The molecule has 184 valence electrons. The highest BCUT2D eigenvalue weighted by atomic mass is 19.4. The second-order valence-corrected chi connectivity index (χ2v) is 8.44. The summed E-state index contributed by atoms with van der Waals surface area (Å²) in [6.45, 7) is 0.290. The van der Waals surface area contributed by atoms with E-state index in [0.717, 1.165) is 5.56 Å². The Morgan fingerprint density at radius 3 is 2.29 bits per heavy atom. The van der Waals surface area contributed by atoms with Gasteiger partial charge < -0.3 is 15.5 Å². The molecule has 34 heavy (non-hydrogen) atoms. The van der Waals surface area contributed by atoms with Crippen molar-refractivity contribution in [2.24, 2.45) is 5.92 Å². The second-order valence-electron chi connectivity index (χ2n) is 8.44. The van der Waals surface area contributed by atoms with Crippen LogP contribution in [0, 0.1) is 21.8 Å². The molecule has 1 amide bonds. The van der Waals surface area contributed by atoms with Gasteiger partial charge in [0.15, 0.2) is 0 Å². The summed E-state index contributed by atoms with van der Waals surface area (Å²) < 4.78 is 52.1. The van der Waals surface area contributed by atoms with Gasteiger partial charge in [0.1, 0.15) is 11.5 Å². The van der Waals surface area contributed by atoms with E-state index in [1.807, 2.05) is 0 Å². The second kappa shape index (κ2) is 10.3. The summed E-state index contributed by atoms with van der Waals surface area (Å²) in [6, 6.07) is 8.00. The summed E-state index contributed by atoms with van der Waals surface area (Å²) >= 11 is 0. The van der Waals surface area contributed by atoms with Crippen molar-refractivity contribution in [3.05, 3.63) is 63.5 Å². The number of rotatable bonds is 7. The maximum absolute atomic E-state index is 13.2. The van der Waals surface area contributed by atoms with Crippen molar-refractivity contribution in [2.45, 2.75) is 44.4 Å². The first-order valence-electron chi connectivity index (χ1n) is 10.8. The van der Waals surface area contributed by atoms with Crippen molar-refractivity contribution < 1.29 is 27.3 Å². The lowest BCUT2D eigenvalue weighted by Crippen LogP contribution is -2.40. The molecule has 7 nitrogen and oxygen atoms in total. The van der Waals surface area contributed by atoms with Gasteiger partial charge in [0.25, 0.3) is 11.6 Å². The highest BCUT2D eigenvalue weighted by Gasteiger charge is 2.41. The van der Waals surface area contributed by atoms with E-state index in [1.54, 1.807) is 24.1 Å². The zero-order chi connectivity index (χ0) is 25.0. The number of nitrogens with zero attached hydrogens (tertiary/aromatic N) is 2. The molecule has 1 fully saturated rings. The fourth-order valence-electron chi connectivity index (χ4n) is 4.20. The van der Waals surface area contributed by atoms with Gasteiger partial charge in [-0.25, -0.2) is 4.39 Å². The molecule has 0 spiro atoms. The standard InChI is InChI=1S/C23H26F4N4O3/c1-28-19-12-20(30(2)13-14-3-7-16(24)8-4-14)18(11-21(19)31(33)34)22(32)29-17-9-5-15(6-10-17)23(25,26)27/h3-4,7-8,11-12,15,17,28H,5-6,9-10,13H2,1-2H3,(H,29,32). The first kappa shape index (κ1) is 25.3. The minimum absolute atomic E-state index is 0.0354. The van der Waals surface area contributed by atoms with Crippen LogP contribution in [0.5, 0.6) is 0 Å². The van der Waals surface area contributed by atoms with E-state index in [-0.39, 0.29) is 55.0 Å². The van der Waals surface area contributed by atoms with Crippen LogP contribution in [0.4, 0.5) is 34.6 Å². The normalized spacial score (nSPS) is 18.3. The molecule has 2 aromatic rings. The SMILES string of the molecule is CNc1cc(N(C)Cc2ccc(F)cc2)c(C(=O)NC2CCC(C(F)(F)F)CC2)cc1[N+](=O)[O-]. The number of amides is 1. The number of carbonyl (C=O) groups is 1. The van der Waals surface area contributed by atoms with Gasteiger partial charge in [-0.2, -0.15) is 13.2 Å². The summed E-state index contributed by atoms with van der Waals surface area (Å²) in [4.78, 5) is 25.8. The summed E-state index contributed by atoms with van der Waals surface area (Å²) in [5, 5.41) is 17.1. The van der Waals surface area contributed by atoms with Crippen LogP contribution in [0.25, 0.3) is 0 Å². The Labute approximate surface area is 194 Å². The Morgan fingerprint density at radius 2 is 1.76 bits per heavy atom. The maximum Gasteiger partial charge on any atom is 0.391 e. The number of nitro benzene ring substituents is 1. The summed E-state index contributed by atoms with van der Waals surface area (Å²) in [7, 11) is 3.21. The van der Waals surface area contributed by atoms with Crippen molar-refractivity contribution in [1.29, 1.82) is 0 Å². The molecule has 2 aromatic carbocycles. The van der Waals surface area contributed by atoms with Crippen LogP contribution in [-0.4, -0.2) is 37.1 Å². The topological polar surface area (TPSA) is 87.5 Å². The van der Waals surface area contributed by atoms with Crippen molar-refractivity contribution in [3.8, 4) is 0 Å². The van der Waals surface area contributed by atoms with Crippen LogP contribution < -0.4 is 15.5 Å². The van der Waals surface area contributed by atoms with Crippen LogP contribution in [0.3, 0.4) is 0 Å². The van der Waals surface area contributed by atoms with Crippen molar-refractivity contribution in [1.82, 2.24) is 5.32 Å². The maximum atomic E-state index is 13.2. The van der Waals surface area contributed by atoms with Gasteiger partial charge in [-0.1, -0.05) is 12.1 Å². The lowest BCUT2D eigenvalue weighted by molar-refractivity contribution is -0.384. The van der Waals surface area contributed by atoms with Crippen molar-refractivity contribution >= 4 is 23.0 Å². The molecule has 0 unspecified atom stereocenters. The molecule has 0 bridgehead atoms. The Balaban J connectivity index is 1.86. The van der Waals surface area contributed by atoms with Gasteiger partial charge in [0.2, 0.25) is 0 Å². The highest BCUT2D eigenvalue weighted by molar-refractivity contribution is 6.02. The van der Waals surface area contributed by atoms with E-state index in [9.17, 15) is 32.5 Å². The first-order chi connectivity index (χ1) is 16.0. The first-order valence-corrected chi connectivity index (χ1v) is 10.8. The lowest BCUT2D eigenvalue weighted by Gasteiger charge is -2.31. The van der Waals surface area contributed by atoms with E-state index < -0.39 is 29.0 Å². The summed E-state index contributed by atoms with van der Waals surface area (Å²) in [5.41, 5.74) is 1.08. The average molecular weight is 482 g/mol. The Morgan fingerprint density at radius 1 is 1.15 bits per heavy atom. The van der Waals surface area contributed by atoms with Crippen LogP contribution in [0.1, 0.15) is 41.6 Å². The quantitative estimate of drug-likeness (QED) is 0.319. The number of halogens is 4. The number of nitro groups is 1. The molecule has 1 aliphatic carbocycles. The van der Waals surface area contributed by atoms with Crippen molar-refractivity contribution in [3.63, 3.8) is 0 Å². The number of anilines is 2. The van der Waals surface area contributed by atoms with Gasteiger partial charge in [-0.3, -0.25) is 14.9 Å². The molecule has 0 aliphatic heterocycles. The van der Waals surface area contributed by atoms with Gasteiger partial charge in [0, 0.05) is 32.7 Å². The zero-order valence-electron chi connectivity index (χ0n) is 18.8. The molecule has 0 heterocycles. The molecule has 0 aromatic heterocycles. The van der Waals surface area contributed by atoms with Gasteiger partial charge >= 0.3 is 6.18 Å². The van der Waals surface area contributed by atoms with Gasteiger partial charge in [-0.15, -0.1) is 0 Å². The molecular formula is C23H26F4N4O3. The summed E-state index contributed by atoms with van der Waals surface area (Å²) in [6.07, 6.45) is -4.06. The van der Waals surface area contributed by atoms with Gasteiger partial charge in [-0.05, 0) is 49.4 Å². The fraction of sp³-hybridized carbons (Fsp3) is 0.435. The largest absolute Gasteiger partial charge is 0.391 e. The third-order valence-corrected chi connectivity index (χ3v) is 6.09. The van der Waals surface area contributed by atoms with E-state index in [2.05, 4.69) is 10.6 Å². The molecule has 1 saturated carbocycles. The number of benzene rings is 2. The predicted octanol–water partition coefficient (Wildman–Crippen LogP) is 5.26. The minimum Gasteiger partial charge on any atom is -0.383 e. The van der Waals surface area contributed by atoms with Crippen LogP contribution >= 0.6 is 0 Å². The molecular weight excluding hydrogens is 456 g/mol. The van der Waals surface area contributed by atoms with Crippen LogP contribution in [-0.2, 0) is 6.54 Å². The Bertz CT molecular complexity index is 1040. The van der Waals surface area contributed by atoms with Crippen LogP contribution in [0.2, 0.25) is 0 Å². The average Bonchev–Trinajstić information content (AvgIpc) is 2.79. The number of hydrogen-bond acceptors (Lipinski definition) is 5. The van der Waals surface area contributed by atoms with Crippen molar-refractivity contribution in [2.75, 3.05) is 24.3 Å². The Hall–Kier alpha value is -3.37. The number of hydrogen-bond donors (Lipinski definition) is 2. The third-order valence-electron chi connectivity index (χ3n) is 6.09. The van der Waals surface area contributed by atoms with E-state index >= 15 is 0 Å². The molecule has 2 N–H and O–H groups in total. The molecule has 3 rings (SSSR count). The fourth-order valence-corrected chi connectivity index (χ4v) is 4.20. The monoisotopic (exact) mass is 482 g/mol. The summed E-state index contributed by atoms with van der Waals surface area (Å²) in [5.74, 6) is -2.37. The molecule has 0 radical (unpaired) electrons. The third kappa shape index (κ3) is 5.95.